The molecule has 0 spiro atoms. The van der Waals surface area contributed by atoms with Crippen LogP contribution in [-0.2, 0) is 4.74 Å². The lowest BCUT2D eigenvalue weighted by Crippen LogP contribution is -2.14. The molecule has 0 heterocycles. The van der Waals surface area contributed by atoms with Crippen molar-refractivity contribution < 1.29 is 9.53 Å². The second-order valence-corrected chi connectivity index (χ2v) is 2.56. The van der Waals surface area contributed by atoms with Crippen LogP contribution in [0.5, 0.6) is 0 Å². The molecule has 0 fully saturated rings. The maximum Gasteiger partial charge on any atom is 0.340 e. The van der Waals surface area contributed by atoms with Gasteiger partial charge in [-0.15, -0.1) is 0 Å². The topological polar surface area (TPSA) is 78.3 Å². The molecule has 0 aliphatic rings. The number of carbonyl (C=O) groups is 1. The van der Waals surface area contributed by atoms with Crippen molar-refractivity contribution in [3.05, 3.63) is 17.7 Å². The summed E-state index contributed by atoms with van der Waals surface area (Å²) in [6, 6.07) is 2.92. The average molecular weight is 176 g/mol. The zero-order valence-corrected chi connectivity index (χ0v) is 7.20. The molecule has 4 nitrogen and oxygen atoms in total. The predicted octanol–water partition coefficient (Wildman–Crippen LogP) is -0.569. The van der Waals surface area contributed by atoms with E-state index in [9.17, 15) is 4.79 Å². The highest BCUT2D eigenvalue weighted by Gasteiger charge is 2.11. The molecule has 1 rings (SSSR count). The molecule has 0 aliphatic carbocycles. The monoisotopic (exact) mass is 176 g/mol. The van der Waals surface area contributed by atoms with Crippen molar-refractivity contribution in [2.75, 3.05) is 18.6 Å². The summed E-state index contributed by atoms with van der Waals surface area (Å²) in [5, 5.41) is 0. The van der Waals surface area contributed by atoms with Gasteiger partial charge in [0, 0.05) is 0 Å². The van der Waals surface area contributed by atoms with Crippen LogP contribution in [-0.4, -0.2) is 20.9 Å². The number of ether oxygens (including phenoxy) is 1. The number of anilines is 2. The third kappa shape index (κ3) is 1.74. The number of benzene rings is 1. The molecule has 0 aliphatic heterocycles. The summed E-state index contributed by atoms with van der Waals surface area (Å²) >= 11 is 0. The van der Waals surface area contributed by atoms with E-state index in [-0.39, 0.29) is 16.9 Å². The first-order valence-electron chi connectivity index (χ1n) is 3.59. The normalized spacial score (nSPS) is 9.62. The van der Waals surface area contributed by atoms with E-state index >= 15 is 0 Å². The van der Waals surface area contributed by atoms with Gasteiger partial charge in [-0.1, -0.05) is 11.5 Å². The maximum absolute atomic E-state index is 11.1. The number of nitrogen functional groups attached to an aromatic ring is 2. The Morgan fingerprint density at radius 3 is 2.62 bits per heavy atom. The maximum atomic E-state index is 11.1. The van der Waals surface area contributed by atoms with Crippen LogP contribution in [0.1, 0.15) is 10.4 Å². The minimum absolute atomic E-state index is 0.194. The Hall–Kier alpha value is -1.65. The van der Waals surface area contributed by atoms with E-state index in [1.165, 1.54) is 19.2 Å². The van der Waals surface area contributed by atoms with Crippen molar-refractivity contribution in [3.63, 3.8) is 0 Å². The number of hydrogen-bond acceptors (Lipinski definition) is 4. The minimum Gasteiger partial charge on any atom is -0.465 e. The largest absolute Gasteiger partial charge is 0.465 e. The van der Waals surface area contributed by atoms with E-state index in [0.29, 0.717) is 5.46 Å². The summed E-state index contributed by atoms with van der Waals surface area (Å²) in [7, 11) is 6.74. The average Bonchev–Trinajstić information content (AvgIpc) is 2.10. The fourth-order valence-electron chi connectivity index (χ4n) is 0.978. The first kappa shape index (κ1) is 9.44. The Morgan fingerprint density at radius 2 is 2.08 bits per heavy atom. The number of carbonyl (C=O) groups excluding carboxylic acids is 1. The van der Waals surface area contributed by atoms with Gasteiger partial charge in [0.05, 0.1) is 24.0 Å². The van der Waals surface area contributed by atoms with Crippen LogP contribution >= 0.6 is 0 Å². The smallest absolute Gasteiger partial charge is 0.340 e. The van der Waals surface area contributed by atoms with Crippen LogP contribution in [0.3, 0.4) is 0 Å². The van der Waals surface area contributed by atoms with Crippen molar-refractivity contribution in [1.29, 1.82) is 0 Å². The molecule has 0 unspecified atom stereocenters. The van der Waals surface area contributed by atoms with E-state index < -0.39 is 5.97 Å². The molecule has 66 valence electrons. The zero-order chi connectivity index (χ0) is 10.0. The van der Waals surface area contributed by atoms with Crippen LogP contribution in [0.15, 0.2) is 12.1 Å². The molecule has 0 amide bonds. The van der Waals surface area contributed by atoms with Crippen LogP contribution < -0.4 is 16.9 Å². The van der Waals surface area contributed by atoms with Gasteiger partial charge in [-0.25, -0.2) is 4.79 Å². The zero-order valence-electron chi connectivity index (χ0n) is 7.20. The van der Waals surface area contributed by atoms with Crippen molar-refractivity contribution in [3.8, 4) is 0 Å². The van der Waals surface area contributed by atoms with Crippen molar-refractivity contribution in [2.45, 2.75) is 0 Å². The summed E-state index contributed by atoms with van der Waals surface area (Å²) in [6.07, 6.45) is 0. The van der Waals surface area contributed by atoms with Crippen LogP contribution in [0.2, 0.25) is 0 Å². The molecule has 1 aromatic rings. The Balaban J connectivity index is 3.28. The van der Waals surface area contributed by atoms with Crippen LogP contribution in [0.4, 0.5) is 11.4 Å². The Labute approximate surface area is 77.3 Å². The summed E-state index contributed by atoms with van der Waals surface area (Å²) in [5.74, 6) is -0.545. The molecule has 1 aromatic carbocycles. The standard InChI is InChI=1S/C8H9BN2O2/c1-13-8(12)5-2-4(9)3-6(10)7(5)11/h2-3H,10-11H2,1H3. The van der Waals surface area contributed by atoms with Gasteiger partial charge in [-0.2, -0.15) is 0 Å². The molecule has 0 saturated carbocycles. The van der Waals surface area contributed by atoms with E-state index in [0.717, 1.165) is 0 Å². The highest BCUT2D eigenvalue weighted by molar-refractivity contribution is 6.33. The SMILES string of the molecule is [B]c1cc(N)c(N)c(C(=O)OC)c1. The molecule has 5 heteroatoms. The number of methoxy groups -OCH3 is 1. The van der Waals surface area contributed by atoms with Crippen molar-refractivity contribution in [2.24, 2.45) is 0 Å². The van der Waals surface area contributed by atoms with E-state index in [4.69, 9.17) is 19.3 Å². The van der Waals surface area contributed by atoms with Crippen LogP contribution in [0, 0.1) is 0 Å². The molecule has 4 N–H and O–H groups in total. The van der Waals surface area contributed by atoms with E-state index in [1.54, 1.807) is 0 Å². The molecule has 0 aromatic heterocycles. The van der Waals surface area contributed by atoms with Gasteiger partial charge in [0.2, 0.25) is 0 Å². The predicted molar refractivity (Wildman–Crippen MR) is 52.0 cm³/mol. The molecule has 0 atom stereocenters. The second-order valence-electron chi connectivity index (χ2n) is 2.56. The third-order valence-electron chi connectivity index (χ3n) is 1.64. The number of esters is 1. The number of nitrogens with two attached hydrogens (primary N) is 2. The fraction of sp³-hybridized carbons (Fsp3) is 0.125. The van der Waals surface area contributed by atoms with Gasteiger partial charge in [0.15, 0.2) is 0 Å². The summed E-state index contributed by atoms with van der Waals surface area (Å²) in [4.78, 5) is 11.1. The molecular weight excluding hydrogens is 167 g/mol. The van der Waals surface area contributed by atoms with Gasteiger partial charge < -0.3 is 16.2 Å². The summed E-state index contributed by atoms with van der Waals surface area (Å²) < 4.78 is 4.50. The molecule has 2 radical (unpaired) electrons. The van der Waals surface area contributed by atoms with Crippen molar-refractivity contribution >= 4 is 30.7 Å². The van der Waals surface area contributed by atoms with Gasteiger partial charge in [-0.05, 0) is 6.07 Å². The first-order valence-corrected chi connectivity index (χ1v) is 3.59. The van der Waals surface area contributed by atoms with Gasteiger partial charge in [0.25, 0.3) is 0 Å². The highest BCUT2D eigenvalue weighted by Crippen LogP contribution is 2.18. The lowest BCUT2D eigenvalue weighted by Gasteiger charge is -2.07. The quantitative estimate of drug-likeness (QED) is 0.341. The lowest BCUT2D eigenvalue weighted by molar-refractivity contribution is 0.0602. The fourth-order valence-corrected chi connectivity index (χ4v) is 0.978. The lowest BCUT2D eigenvalue weighted by atomic mass is 9.92. The van der Waals surface area contributed by atoms with Crippen LogP contribution in [0.25, 0.3) is 0 Å². The number of hydrogen-bond donors (Lipinski definition) is 2. The van der Waals surface area contributed by atoms with E-state index in [2.05, 4.69) is 4.74 Å². The Bertz CT molecular complexity index is 352. The summed E-state index contributed by atoms with van der Waals surface area (Å²) in [6.45, 7) is 0. The third-order valence-corrected chi connectivity index (χ3v) is 1.64. The van der Waals surface area contributed by atoms with Crippen molar-refractivity contribution in [1.82, 2.24) is 0 Å². The van der Waals surface area contributed by atoms with Gasteiger partial charge in [-0.3, -0.25) is 0 Å². The Morgan fingerprint density at radius 1 is 1.46 bits per heavy atom. The summed E-state index contributed by atoms with van der Waals surface area (Å²) in [5.41, 5.74) is 12.1. The second kappa shape index (κ2) is 3.39. The molecular formula is C8H9BN2O2. The minimum atomic E-state index is -0.545. The highest BCUT2D eigenvalue weighted by atomic mass is 16.5. The van der Waals surface area contributed by atoms with Gasteiger partial charge >= 0.3 is 5.97 Å². The molecule has 0 saturated heterocycles. The van der Waals surface area contributed by atoms with E-state index in [1.807, 2.05) is 0 Å². The number of rotatable bonds is 1. The Kier molecular flexibility index (Phi) is 2.46. The van der Waals surface area contributed by atoms with Gasteiger partial charge in [0.1, 0.15) is 7.85 Å². The first-order chi connectivity index (χ1) is 6.06. The molecule has 0 bridgehead atoms. The molecule has 13 heavy (non-hydrogen) atoms.